The van der Waals surface area contributed by atoms with Gasteiger partial charge < -0.3 is 15.4 Å². The highest BCUT2D eigenvalue weighted by Gasteiger charge is 2.18. The highest BCUT2D eigenvalue weighted by atomic mass is 16.4. The molecule has 0 spiro atoms. The van der Waals surface area contributed by atoms with Gasteiger partial charge in [0.1, 0.15) is 5.56 Å². The van der Waals surface area contributed by atoms with E-state index in [2.05, 4.69) is 15.3 Å². The van der Waals surface area contributed by atoms with Crippen molar-refractivity contribution in [3.8, 4) is 0 Å². The molecule has 0 atom stereocenters. The van der Waals surface area contributed by atoms with Crippen LogP contribution in [0.2, 0.25) is 0 Å². The fourth-order valence-corrected chi connectivity index (χ4v) is 2.31. The summed E-state index contributed by atoms with van der Waals surface area (Å²) in [6, 6.07) is 12.5. The molecule has 1 aromatic carbocycles. The van der Waals surface area contributed by atoms with Crippen molar-refractivity contribution in [1.29, 1.82) is 0 Å². The number of rotatable bonds is 4. The zero-order valence-corrected chi connectivity index (χ0v) is 11.5. The predicted molar refractivity (Wildman–Crippen MR) is 83.1 cm³/mol. The summed E-state index contributed by atoms with van der Waals surface area (Å²) < 4.78 is 0. The molecule has 110 valence electrons. The highest BCUT2D eigenvalue weighted by Crippen LogP contribution is 2.24. The van der Waals surface area contributed by atoms with E-state index >= 15 is 0 Å². The van der Waals surface area contributed by atoms with Crippen LogP contribution in [0.3, 0.4) is 0 Å². The fourth-order valence-electron chi connectivity index (χ4n) is 2.31. The molecule has 6 nitrogen and oxygen atoms in total. The number of hydrogen-bond acceptors (Lipinski definition) is 4. The zero-order valence-electron chi connectivity index (χ0n) is 11.5. The minimum Gasteiger partial charge on any atom is -0.477 e. The van der Waals surface area contributed by atoms with E-state index in [0.29, 0.717) is 23.1 Å². The molecule has 22 heavy (non-hydrogen) atoms. The Kier molecular flexibility index (Phi) is 3.57. The van der Waals surface area contributed by atoms with E-state index in [4.69, 9.17) is 0 Å². The molecular weight excluding hydrogens is 282 g/mol. The standard InChI is InChI=1S/C16H13N3O3/c20-15-13(16(21)22)14(11-6-1-2-7-12(11)19-15)18-9-10-5-3-4-8-17-10/h1-8H,9H2,(H,21,22)(H2,18,19,20). The van der Waals surface area contributed by atoms with Gasteiger partial charge in [-0.1, -0.05) is 24.3 Å². The van der Waals surface area contributed by atoms with Gasteiger partial charge in [0.25, 0.3) is 5.56 Å². The van der Waals surface area contributed by atoms with Crippen LogP contribution in [0.1, 0.15) is 16.1 Å². The van der Waals surface area contributed by atoms with Crippen LogP contribution in [0.15, 0.2) is 53.5 Å². The third kappa shape index (κ3) is 2.54. The fraction of sp³-hybridized carbons (Fsp3) is 0.0625. The molecule has 0 bridgehead atoms. The molecule has 0 radical (unpaired) electrons. The number of carboxylic acid groups (broad SMARTS) is 1. The Morgan fingerprint density at radius 1 is 1.18 bits per heavy atom. The number of aromatic carboxylic acids is 1. The molecule has 2 heterocycles. The Morgan fingerprint density at radius 2 is 1.95 bits per heavy atom. The Bertz CT molecular complexity index is 888. The number of para-hydroxylation sites is 1. The van der Waals surface area contributed by atoms with Gasteiger partial charge in [-0.3, -0.25) is 9.78 Å². The molecule has 2 aromatic heterocycles. The first kappa shape index (κ1) is 13.8. The highest BCUT2D eigenvalue weighted by molar-refractivity contribution is 6.04. The lowest BCUT2D eigenvalue weighted by Gasteiger charge is -2.12. The molecular formula is C16H13N3O3. The van der Waals surface area contributed by atoms with Gasteiger partial charge in [0.15, 0.2) is 0 Å². The monoisotopic (exact) mass is 295 g/mol. The molecule has 0 aliphatic carbocycles. The predicted octanol–water partition coefficient (Wildman–Crippen LogP) is 2.23. The van der Waals surface area contributed by atoms with Crippen LogP contribution in [0, 0.1) is 0 Å². The smallest absolute Gasteiger partial charge is 0.343 e. The van der Waals surface area contributed by atoms with E-state index in [-0.39, 0.29) is 5.56 Å². The number of anilines is 1. The maximum Gasteiger partial charge on any atom is 0.343 e. The van der Waals surface area contributed by atoms with Crippen molar-refractivity contribution in [2.24, 2.45) is 0 Å². The molecule has 0 fully saturated rings. The molecule has 3 aromatic rings. The van der Waals surface area contributed by atoms with Crippen LogP contribution in [-0.4, -0.2) is 21.0 Å². The Balaban J connectivity index is 2.11. The van der Waals surface area contributed by atoms with E-state index in [1.807, 2.05) is 12.1 Å². The number of pyridine rings is 2. The lowest BCUT2D eigenvalue weighted by atomic mass is 10.1. The molecule has 0 saturated heterocycles. The van der Waals surface area contributed by atoms with Crippen LogP contribution in [0.4, 0.5) is 5.69 Å². The van der Waals surface area contributed by atoms with Gasteiger partial charge in [0, 0.05) is 11.6 Å². The molecule has 0 aliphatic heterocycles. The summed E-state index contributed by atoms with van der Waals surface area (Å²) in [6.07, 6.45) is 1.66. The van der Waals surface area contributed by atoms with E-state index in [1.165, 1.54) is 0 Å². The number of fused-ring (bicyclic) bond motifs is 1. The number of aromatic nitrogens is 2. The molecule has 3 N–H and O–H groups in total. The number of benzene rings is 1. The number of aromatic amines is 1. The number of carbonyl (C=O) groups is 1. The lowest BCUT2D eigenvalue weighted by Crippen LogP contribution is -2.21. The van der Waals surface area contributed by atoms with Crippen LogP contribution in [-0.2, 0) is 6.54 Å². The van der Waals surface area contributed by atoms with Crippen LogP contribution in [0.25, 0.3) is 10.9 Å². The Labute approximate surface area is 125 Å². The van der Waals surface area contributed by atoms with Gasteiger partial charge in [0.2, 0.25) is 0 Å². The van der Waals surface area contributed by atoms with Crippen molar-refractivity contribution in [2.75, 3.05) is 5.32 Å². The second-order valence-corrected chi connectivity index (χ2v) is 4.73. The van der Waals surface area contributed by atoms with Crippen molar-refractivity contribution in [3.63, 3.8) is 0 Å². The Hall–Kier alpha value is -3.15. The van der Waals surface area contributed by atoms with E-state index < -0.39 is 11.5 Å². The molecule has 6 heteroatoms. The van der Waals surface area contributed by atoms with Gasteiger partial charge in [-0.25, -0.2) is 4.79 Å². The number of hydrogen-bond donors (Lipinski definition) is 3. The average molecular weight is 295 g/mol. The first-order valence-electron chi connectivity index (χ1n) is 6.69. The van der Waals surface area contributed by atoms with Gasteiger partial charge in [-0.15, -0.1) is 0 Å². The summed E-state index contributed by atoms with van der Waals surface area (Å²) in [5.74, 6) is -1.27. The van der Waals surface area contributed by atoms with E-state index in [0.717, 1.165) is 5.69 Å². The summed E-state index contributed by atoms with van der Waals surface area (Å²) in [5, 5.41) is 13.0. The first-order chi connectivity index (χ1) is 10.7. The van der Waals surface area contributed by atoms with Crippen molar-refractivity contribution >= 4 is 22.6 Å². The van der Waals surface area contributed by atoms with E-state index in [1.54, 1.807) is 36.5 Å². The second-order valence-electron chi connectivity index (χ2n) is 4.73. The molecule has 0 unspecified atom stereocenters. The number of carboxylic acids is 1. The summed E-state index contributed by atoms with van der Waals surface area (Å²) in [5.41, 5.74) is 0.714. The quantitative estimate of drug-likeness (QED) is 0.686. The van der Waals surface area contributed by atoms with Crippen LogP contribution >= 0.6 is 0 Å². The normalized spacial score (nSPS) is 10.5. The number of nitrogens with zero attached hydrogens (tertiary/aromatic N) is 1. The number of nitrogens with one attached hydrogen (secondary N) is 2. The van der Waals surface area contributed by atoms with Gasteiger partial charge >= 0.3 is 5.97 Å². The van der Waals surface area contributed by atoms with Gasteiger partial charge in [-0.2, -0.15) is 0 Å². The maximum atomic E-state index is 12.0. The van der Waals surface area contributed by atoms with E-state index in [9.17, 15) is 14.7 Å². The van der Waals surface area contributed by atoms with Crippen molar-refractivity contribution in [3.05, 3.63) is 70.3 Å². The first-order valence-corrected chi connectivity index (χ1v) is 6.69. The van der Waals surface area contributed by atoms with Crippen LogP contribution < -0.4 is 10.9 Å². The molecule has 0 amide bonds. The largest absolute Gasteiger partial charge is 0.477 e. The minimum atomic E-state index is -1.27. The van der Waals surface area contributed by atoms with Gasteiger partial charge in [0.05, 0.1) is 23.4 Å². The average Bonchev–Trinajstić information content (AvgIpc) is 2.52. The Morgan fingerprint density at radius 3 is 2.68 bits per heavy atom. The maximum absolute atomic E-state index is 12.0. The summed E-state index contributed by atoms with van der Waals surface area (Å²) in [4.78, 5) is 30.2. The topological polar surface area (TPSA) is 95.1 Å². The van der Waals surface area contributed by atoms with Gasteiger partial charge in [-0.05, 0) is 18.2 Å². The summed E-state index contributed by atoms with van der Waals surface area (Å²) in [6.45, 7) is 0.328. The second kappa shape index (κ2) is 5.69. The van der Waals surface area contributed by atoms with Crippen molar-refractivity contribution in [2.45, 2.75) is 6.54 Å². The van der Waals surface area contributed by atoms with Crippen molar-refractivity contribution in [1.82, 2.24) is 9.97 Å². The molecule has 0 saturated carbocycles. The van der Waals surface area contributed by atoms with Crippen molar-refractivity contribution < 1.29 is 9.90 Å². The van der Waals surface area contributed by atoms with Crippen LogP contribution in [0.5, 0.6) is 0 Å². The molecule has 0 aliphatic rings. The summed E-state index contributed by atoms with van der Waals surface area (Å²) in [7, 11) is 0. The summed E-state index contributed by atoms with van der Waals surface area (Å²) >= 11 is 0. The minimum absolute atomic E-state index is 0.297. The third-order valence-electron chi connectivity index (χ3n) is 3.31. The number of H-pyrrole nitrogens is 1. The SMILES string of the molecule is O=C(O)c1c(NCc2ccccn2)c2ccccc2[nH]c1=O. The zero-order chi connectivity index (χ0) is 15.5. The lowest BCUT2D eigenvalue weighted by molar-refractivity contribution is 0.0696. The molecule has 3 rings (SSSR count). The third-order valence-corrected chi connectivity index (χ3v) is 3.31.